The zero-order valence-corrected chi connectivity index (χ0v) is 15.9. The van der Waals surface area contributed by atoms with Gasteiger partial charge in [-0.1, -0.05) is 34.1 Å². The third-order valence-electron chi connectivity index (χ3n) is 6.78. The second-order valence-corrected chi connectivity index (χ2v) is 8.96. The van der Waals surface area contributed by atoms with Crippen LogP contribution < -0.4 is 0 Å². The minimum Gasteiger partial charge on any atom is -0.504 e. The molecule has 0 bridgehead atoms. The SMILES string of the molecule is CC(=O)[C@]12CCCC(C)(C)[C@@H]1C[C@H](O)c1cc(C(C)C)c(O)c(O)c12. The standard InChI is InChI=1S/C21H30O4/c1-11(2)13-9-14-15(23)10-16-20(4,5)7-6-8-21(16,12(3)22)17(14)19(25)18(13)24/h9,11,15-16,23-25H,6-8,10H2,1-5H3/t15-,16-,21+/m0/s1. The second kappa shape index (κ2) is 5.73. The lowest BCUT2D eigenvalue weighted by Gasteiger charge is -2.55. The van der Waals surface area contributed by atoms with Crippen molar-refractivity contribution in [1.29, 1.82) is 0 Å². The number of ketones is 1. The first-order valence-corrected chi connectivity index (χ1v) is 9.32. The molecule has 3 N–H and O–H groups in total. The second-order valence-electron chi connectivity index (χ2n) is 8.96. The summed E-state index contributed by atoms with van der Waals surface area (Å²) in [6.07, 6.45) is 2.33. The van der Waals surface area contributed by atoms with E-state index < -0.39 is 11.5 Å². The van der Waals surface area contributed by atoms with E-state index in [1.54, 1.807) is 13.0 Å². The van der Waals surface area contributed by atoms with Crippen molar-refractivity contribution in [2.75, 3.05) is 0 Å². The highest BCUT2D eigenvalue weighted by molar-refractivity contribution is 5.91. The molecule has 3 atom stereocenters. The Morgan fingerprint density at radius 2 is 1.84 bits per heavy atom. The van der Waals surface area contributed by atoms with Gasteiger partial charge < -0.3 is 15.3 Å². The van der Waals surface area contributed by atoms with Crippen molar-refractivity contribution in [1.82, 2.24) is 0 Å². The zero-order chi connectivity index (χ0) is 18.7. The van der Waals surface area contributed by atoms with Crippen molar-refractivity contribution in [3.63, 3.8) is 0 Å². The van der Waals surface area contributed by atoms with Gasteiger partial charge in [0.15, 0.2) is 11.5 Å². The van der Waals surface area contributed by atoms with Crippen molar-refractivity contribution < 1.29 is 20.1 Å². The monoisotopic (exact) mass is 346 g/mol. The van der Waals surface area contributed by atoms with E-state index in [1.165, 1.54) is 0 Å². The van der Waals surface area contributed by atoms with Crippen LogP contribution in [0.4, 0.5) is 0 Å². The molecule has 0 saturated heterocycles. The van der Waals surface area contributed by atoms with Gasteiger partial charge in [0.05, 0.1) is 11.5 Å². The van der Waals surface area contributed by atoms with Crippen LogP contribution in [-0.4, -0.2) is 21.1 Å². The first-order valence-electron chi connectivity index (χ1n) is 9.32. The summed E-state index contributed by atoms with van der Waals surface area (Å²) in [6, 6.07) is 1.79. The smallest absolute Gasteiger partial charge is 0.162 e. The summed E-state index contributed by atoms with van der Waals surface area (Å²) in [5.74, 6) is -0.380. The number of aliphatic hydroxyl groups is 1. The molecule has 0 aromatic heterocycles. The van der Waals surface area contributed by atoms with Gasteiger partial charge in [-0.3, -0.25) is 4.79 Å². The van der Waals surface area contributed by atoms with E-state index in [0.717, 1.165) is 12.8 Å². The van der Waals surface area contributed by atoms with Crippen LogP contribution in [0.2, 0.25) is 0 Å². The summed E-state index contributed by atoms with van der Waals surface area (Å²) in [4.78, 5) is 12.9. The number of aromatic hydroxyl groups is 2. The number of Topliss-reactive ketones (excluding diaryl/α,β-unsaturated/α-hetero) is 1. The van der Waals surface area contributed by atoms with Gasteiger partial charge in [-0.15, -0.1) is 0 Å². The average Bonchev–Trinajstić information content (AvgIpc) is 2.50. The highest BCUT2D eigenvalue weighted by atomic mass is 16.3. The Morgan fingerprint density at radius 1 is 1.20 bits per heavy atom. The van der Waals surface area contributed by atoms with Gasteiger partial charge in [0.1, 0.15) is 5.78 Å². The largest absolute Gasteiger partial charge is 0.504 e. The summed E-state index contributed by atoms with van der Waals surface area (Å²) in [5.41, 5.74) is 0.762. The van der Waals surface area contributed by atoms with Gasteiger partial charge >= 0.3 is 0 Å². The molecule has 0 heterocycles. The molecule has 4 nitrogen and oxygen atoms in total. The Morgan fingerprint density at radius 3 is 2.40 bits per heavy atom. The van der Waals surface area contributed by atoms with Crippen LogP contribution in [0.5, 0.6) is 11.5 Å². The molecule has 3 rings (SSSR count). The summed E-state index contributed by atoms with van der Waals surface area (Å²) in [5, 5.41) is 32.3. The normalized spacial score (nSPS) is 30.7. The lowest BCUT2D eigenvalue weighted by atomic mass is 9.48. The van der Waals surface area contributed by atoms with Gasteiger partial charge in [-0.25, -0.2) is 0 Å². The van der Waals surface area contributed by atoms with Crippen LogP contribution in [0, 0.1) is 11.3 Å². The van der Waals surface area contributed by atoms with Crippen LogP contribution in [0.25, 0.3) is 0 Å². The molecular formula is C21H30O4. The van der Waals surface area contributed by atoms with Crippen molar-refractivity contribution in [2.45, 2.75) is 77.7 Å². The average molecular weight is 346 g/mol. The van der Waals surface area contributed by atoms with Gasteiger partial charge in [-0.2, -0.15) is 0 Å². The number of carbonyl (C=O) groups excluding carboxylic acids is 1. The molecule has 1 saturated carbocycles. The molecular weight excluding hydrogens is 316 g/mol. The predicted molar refractivity (Wildman–Crippen MR) is 96.9 cm³/mol. The Bertz CT molecular complexity index is 719. The van der Waals surface area contributed by atoms with E-state index in [-0.39, 0.29) is 34.5 Å². The number of carbonyl (C=O) groups is 1. The number of rotatable bonds is 2. The van der Waals surface area contributed by atoms with Crippen LogP contribution >= 0.6 is 0 Å². The van der Waals surface area contributed by atoms with Gasteiger partial charge in [0.2, 0.25) is 0 Å². The fourth-order valence-corrected chi connectivity index (χ4v) is 5.48. The van der Waals surface area contributed by atoms with E-state index in [0.29, 0.717) is 29.5 Å². The topological polar surface area (TPSA) is 77.8 Å². The van der Waals surface area contributed by atoms with E-state index in [9.17, 15) is 20.1 Å². The number of phenols is 2. The number of fused-ring (bicyclic) bond motifs is 3. The molecule has 2 aliphatic rings. The maximum absolute atomic E-state index is 12.9. The molecule has 4 heteroatoms. The minimum atomic E-state index is -0.826. The molecule has 0 aliphatic heterocycles. The lowest BCUT2D eigenvalue weighted by molar-refractivity contribution is -0.132. The number of hydrogen-bond acceptors (Lipinski definition) is 4. The molecule has 25 heavy (non-hydrogen) atoms. The number of phenolic OH excluding ortho intramolecular Hbond substituents is 2. The van der Waals surface area contributed by atoms with E-state index in [4.69, 9.17) is 0 Å². The first-order chi connectivity index (χ1) is 11.5. The van der Waals surface area contributed by atoms with Crippen LogP contribution in [0.15, 0.2) is 6.07 Å². The van der Waals surface area contributed by atoms with Crippen molar-refractivity contribution in [2.24, 2.45) is 11.3 Å². The van der Waals surface area contributed by atoms with E-state index >= 15 is 0 Å². The molecule has 0 spiro atoms. The highest BCUT2D eigenvalue weighted by Gasteiger charge is 2.58. The fraction of sp³-hybridized carbons (Fsp3) is 0.667. The fourth-order valence-electron chi connectivity index (χ4n) is 5.48. The van der Waals surface area contributed by atoms with E-state index in [2.05, 4.69) is 13.8 Å². The minimum absolute atomic E-state index is 0.0113. The molecule has 0 radical (unpaired) electrons. The molecule has 1 fully saturated rings. The maximum atomic E-state index is 12.9. The summed E-state index contributed by atoms with van der Waals surface area (Å²) < 4.78 is 0. The van der Waals surface area contributed by atoms with Crippen LogP contribution in [-0.2, 0) is 10.2 Å². The maximum Gasteiger partial charge on any atom is 0.162 e. The molecule has 2 aliphatic carbocycles. The Labute approximate surface area is 149 Å². The van der Waals surface area contributed by atoms with Crippen LogP contribution in [0.3, 0.4) is 0 Å². The van der Waals surface area contributed by atoms with Gasteiger partial charge in [0.25, 0.3) is 0 Å². The summed E-state index contributed by atoms with van der Waals surface area (Å²) >= 11 is 0. The summed E-state index contributed by atoms with van der Waals surface area (Å²) in [6.45, 7) is 9.74. The lowest BCUT2D eigenvalue weighted by Crippen LogP contribution is -2.54. The molecule has 1 aromatic rings. The number of aliphatic hydroxyl groups excluding tert-OH is 1. The Balaban J connectivity index is 2.36. The van der Waals surface area contributed by atoms with Gasteiger partial charge in [-0.05, 0) is 55.1 Å². The molecule has 0 amide bonds. The zero-order valence-electron chi connectivity index (χ0n) is 15.9. The van der Waals surface area contributed by atoms with Crippen molar-refractivity contribution in [3.05, 3.63) is 22.8 Å². The third kappa shape index (κ3) is 2.41. The number of hydrogen-bond donors (Lipinski definition) is 3. The Hall–Kier alpha value is -1.55. The highest BCUT2D eigenvalue weighted by Crippen LogP contribution is 2.62. The molecule has 0 unspecified atom stereocenters. The van der Waals surface area contributed by atoms with E-state index in [1.807, 2.05) is 13.8 Å². The Kier molecular flexibility index (Phi) is 4.18. The van der Waals surface area contributed by atoms with Crippen molar-refractivity contribution in [3.8, 4) is 11.5 Å². The van der Waals surface area contributed by atoms with Gasteiger partial charge in [0, 0.05) is 11.1 Å². The summed E-state index contributed by atoms with van der Waals surface area (Å²) in [7, 11) is 0. The van der Waals surface area contributed by atoms with Crippen LogP contribution in [0.1, 0.15) is 89.0 Å². The molecule has 1 aromatic carbocycles. The third-order valence-corrected chi connectivity index (χ3v) is 6.78. The predicted octanol–water partition coefficient (Wildman–Crippen LogP) is 4.31. The van der Waals surface area contributed by atoms with Crippen molar-refractivity contribution >= 4 is 5.78 Å². The quantitative estimate of drug-likeness (QED) is 0.697. The number of benzene rings is 1. The first kappa shape index (κ1) is 18.2. The molecule has 138 valence electrons.